The van der Waals surface area contributed by atoms with Crippen molar-refractivity contribution in [2.24, 2.45) is 0 Å². The molecule has 0 saturated heterocycles. The van der Waals surface area contributed by atoms with Crippen molar-refractivity contribution in [3.63, 3.8) is 0 Å². The van der Waals surface area contributed by atoms with E-state index in [-0.39, 0.29) is 5.95 Å². The Bertz CT molecular complexity index is 852. The van der Waals surface area contributed by atoms with Crippen molar-refractivity contribution in [3.8, 4) is 22.8 Å². The predicted molar refractivity (Wildman–Crippen MR) is 90.2 cm³/mol. The monoisotopic (exact) mass is 359 g/mol. The van der Waals surface area contributed by atoms with Crippen molar-refractivity contribution >= 4 is 32.8 Å². The number of halogens is 1. The number of nitrogens with zero attached hydrogens (tertiary/aromatic N) is 2. The van der Waals surface area contributed by atoms with Gasteiger partial charge in [-0.25, -0.2) is 9.97 Å². The zero-order valence-electron chi connectivity index (χ0n) is 12.1. The Hall–Kier alpha value is -2.34. The molecule has 22 heavy (non-hydrogen) atoms. The molecule has 0 bridgehead atoms. The molecule has 0 spiro atoms. The molecule has 0 amide bonds. The summed E-state index contributed by atoms with van der Waals surface area (Å²) >= 11 is 3.55. The highest BCUT2D eigenvalue weighted by Crippen LogP contribution is 2.37. The lowest BCUT2D eigenvalue weighted by Crippen LogP contribution is -2.00. The van der Waals surface area contributed by atoms with Gasteiger partial charge in [-0.2, -0.15) is 0 Å². The number of fused-ring (bicyclic) bond motifs is 1. The molecule has 2 N–H and O–H groups in total. The minimum Gasteiger partial charge on any atom is -0.493 e. The molecule has 1 aromatic heterocycles. The zero-order valence-corrected chi connectivity index (χ0v) is 13.7. The van der Waals surface area contributed by atoms with Gasteiger partial charge in [0.25, 0.3) is 0 Å². The highest BCUT2D eigenvalue weighted by atomic mass is 79.9. The predicted octanol–water partition coefficient (Wildman–Crippen LogP) is 3.66. The smallest absolute Gasteiger partial charge is 0.221 e. The van der Waals surface area contributed by atoms with Crippen LogP contribution < -0.4 is 15.2 Å². The second-order valence-corrected chi connectivity index (χ2v) is 5.49. The molecule has 6 heteroatoms. The van der Waals surface area contributed by atoms with Crippen molar-refractivity contribution in [3.05, 3.63) is 40.9 Å². The van der Waals surface area contributed by atoms with Gasteiger partial charge >= 0.3 is 0 Å². The Balaban J connectivity index is 2.37. The fourth-order valence-corrected chi connectivity index (χ4v) is 2.80. The molecule has 3 rings (SSSR count). The van der Waals surface area contributed by atoms with Crippen LogP contribution in [0.15, 0.2) is 40.9 Å². The fraction of sp³-hybridized carbons (Fsp3) is 0.125. The lowest BCUT2D eigenvalue weighted by molar-refractivity contribution is 0.356. The van der Waals surface area contributed by atoms with Crippen molar-refractivity contribution < 1.29 is 9.47 Å². The number of methoxy groups -OCH3 is 2. The Morgan fingerprint density at radius 3 is 2.36 bits per heavy atom. The first-order chi connectivity index (χ1) is 10.6. The van der Waals surface area contributed by atoms with Crippen LogP contribution in [-0.2, 0) is 0 Å². The van der Waals surface area contributed by atoms with Crippen LogP contribution in [0.4, 0.5) is 5.95 Å². The van der Waals surface area contributed by atoms with Gasteiger partial charge in [0.15, 0.2) is 11.5 Å². The summed E-state index contributed by atoms with van der Waals surface area (Å²) in [6.45, 7) is 0. The topological polar surface area (TPSA) is 70.3 Å². The normalized spacial score (nSPS) is 10.7. The van der Waals surface area contributed by atoms with Crippen LogP contribution in [0.2, 0.25) is 0 Å². The molecule has 0 aliphatic rings. The van der Waals surface area contributed by atoms with E-state index in [9.17, 15) is 0 Å². The highest BCUT2D eigenvalue weighted by molar-refractivity contribution is 9.10. The van der Waals surface area contributed by atoms with Crippen LogP contribution in [0, 0.1) is 0 Å². The maximum atomic E-state index is 5.86. The summed E-state index contributed by atoms with van der Waals surface area (Å²) in [6, 6.07) is 11.5. The molecule has 0 radical (unpaired) electrons. The van der Waals surface area contributed by atoms with E-state index in [1.54, 1.807) is 20.3 Å². The van der Waals surface area contributed by atoms with Crippen LogP contribution in [0.5, 0.6) is 11.5 Å². The van der Waals surface area contributed by atoms with Gasteiger partial charge in [-0.15, -0.1) is 0 Å². The second kappa shape index (κ2) is 5.81. The van der Waals surface area contributed by atoms with Gasteiger partial charge in [0, 0.05) is 21.5 Å². The molecule has 0 atom stereocenters. The number of ether oxygens (including phenoxy) is 2. The summed E-state index contributed by atoms with van der Waals surface area (Å²) in [6.07, 6.45) is 0. The van der Waals surface area contributed by atoms with Gasteiger partial charge in [-0.1, -0.05) is 34.1 Å². The summed E-state index contributed by atoms with van der Waals surface area (Å²) in [5.41, 5.74) is 8.25. The van der Waals surface area contributed by atoms with E-state index in [0.717, 1.165) is 21.1 Å². The van der Waals surface area contributed by atoms with Crippen LogP contribution in [-0.4, -0.2) is 24.2 Å². The summed E-state index contributed by atoms with van der Waals surface area (Å²) in [5.74, 6) is 1.44. The van der Waals surface area contributed by atoms with E-state index in [0.29, 0.717) is 17.0 Å². The van der Waals surface area contributed by atoms with Crippen molar-refractivity contribution in [2.75, 3.05) is 20.0 Å². The van der Waals surface area contributed by atoms with Gasteiger partial charge in [0.05, 0.1) is 25.4 Å². The van der Waals surface area contributed by atoms with Crippen LogP contribution >= 0.6 is 15.9 Å². The first-order valence-corrected chi connectivity index (χ1v) is 7.37. The molecule has 112 valence electrons. The standard InChI is InChI=1S/C16H14BrN3O2/c1-21-13-7-10-12(8-14(13)22-2)19-16(18)20-15(10)9-5-3-4-6-11(9)17/h3-8H,1-2H3,(H2,18,19,20). The molecule has 0 fully saturated rings. The van der Waals surface area contributed by atoms with E-state index < -0.39 is 0 Å². The van der Waals surface area contributed by atoms with Crippen LogP contribution in [0.25, 0.3) is 22.2 Å². The molecular formula is C16H14BrN3O2. The lowest BCUT2D eigenvalue weighted by Gasteiger charge is -2.12. The molecule has 0 aliphatic heterocycles. The minimum absolute atomic E-state index is 0.213. The van der Waals surface area contributed by atoms with E-state index in [4.69, 9.17) is 15.2 Å². The first kappa shape index (κ1) is 14.6. The number of hydrogen-bond acceptors (Lipinski definition) is 5. The quantitative estimate of drug-likeness (QED) is 0.772. The van der Waals surface area contributed by atoms with Crippen LogP contribution in [0.3, 0.4) is 0 Å². The molecular weight excluding hydrogens is 346 g/mol. The van der Waals surface area contributed by atoms with Crippen molar-refractivity contribution in [1.29, 1.82) is 0 Å². The number of nitrogens with two attached hydrogens (primary N) is 1. The van der Waals surface area contributed by atoms with E-state index in [1.807, 2.05) is 30.3 Å². The average Bonchev–Trinajstić information content (AvgIpc) is 2.53. The molecule has 3 aromatic rings. The number of aromatic nitrogens is 2. The fourth-order valence-electron chi connectivity index (χ4n) is 2.33. The number of benzene rings is 2. The third-order valence-electron chi connectivity index (χ3n) is 3.35. The molecule has 0 aliphatic carbocycles. The lowest BCUT2D eigenvalue weighted by atomic mass is 10.1. The third-order valence-corrected chi connectivity index (χ3v) is 4.04. The van der Waals surface area contributed by atoms with Gasteiger partial charge in [-0.05, 0) is 12.1 Å². The van der Waals surface area contributed by atoms with E-state index >= 15 is 0 Å². The van der Waals surface area contributed by atoms with Gasteiger partial charge in [0.1, 0.15) is 0 Å². The summed E-state index contributed by atoms with van der Waals surface area (Å²) in [7, 11) is 3.18. The summed E-state index contributed by atoms with van der Waals surface area (Å²) in [5, 5.41) is 0.846. The molecule has 0 unspecified atom stereocenters. The molecule has 2 aromatic carbocycles. The summed E-state index contributed by atoms with van der Waals surface area (Å²) in [4.78, 5) is 8.69. The zero-order chi connectivity index (χ0) is 15.7. The maximum Gasteiger partial charge on any atom is 0.221 e. The SMILES string of the molecule is COc1cc2nc(N)nc(-c3ccccc3Br)c2cc1OC. The maximum absolute atomic E-state index is 5.86. The van der Waals surface area contributed by atoms with E-state index in [1.165, 1.54) is 0 Å². The van der Waals surface area contributed by atoms with Gasteiger partial charge < -0.3 is 15.2 Å². The molecule has 5 nitrogen and oxygen atoms in total. The second-order valence-electron chi connectivity index (χ2n) is 4.63. The number of rotatable bonds is 3. The largest absolute Gasteiger partial charge is 0.493 e. The number of hydrogen-bond donors (Lipinski definition) is 1. The van der Waals surface area contributed by atoms with Crippen molar-refractivity contribution in [1.82, 2.24) is 9.97 Å². The third kappa shape index (κ3) is 2.46. The Morgan fingerprint density at radius 2 is 1.68 bits per heavy atom. The Labute approximate surface area is 136 Å². The average molecular weight is 360 g/mol. The van der Waals surface area contributed by atoms with Gasteiger partial charge in [-0.3, -0.25) is 0 Å². The summed E-state index contributed by atoms with van der Waals surface area (Å²) < 4.78 is 11.6. The first-order valence-electron chi connectivity index (χ1n) is 6.58. The van der Waals surface area contributed by atoms with Gasteiger partial charge in [0.2, 0.25) is 5.95 Å². The molecule has 1 heterocycles. The Morgan fingerprint density at radius 1 is 1.00 bits per heavy atom. The Kier molecular flexibility index (Phi) is 3.85. The van der Waals surface area contributed by atoms with E-state index in [2.05, 4.69) is 25.9 Å². The highest BCUT2D eigenvalue weighted by Gasteiger charge is 2.15. The number of nitrogen functional groups attached to an aromatic ring is 1. The van der Waals surface area contributed by atoms with Crippen molar-refractivity contribution in [2.45, 2.75) is 0 Å². The minimum atomic E-state index is 0.213. The molecule has 0 saturated carbocycles. The van der Waals surface area contributed by atoms with Crippen LogP contribution in [0.1, 0.15) is 0 Å². The number of anilines is 1.